The largest absolute Gasteiger partial charge is 0.455 e. The summed E-state index contributed by atoms with van der Waals surface area (Å²) in [5.74, 6) is -1.19. The lowest BCUT2D eigenvalue weighted by atomic mass is 9.79. The number of thiazole rings is 1. The predicted molar refractivity (Wildman–Crippen MR) is 101 cm³/mol. The first-order valence-corrected chi connectivity index (χ1v) is 10.3. The van der Waals surface area contributed by atoms with Gasteiger partial charge in [-0.05, 0) is 31.4 Å². The van der Waals surface area contributed by atoms with E-state index < -0.39 is 5.91 Å². The van der Waals surface area contributed by atoms with Gasteiger partial charge in [0.25, 0.3) is 5.91 Å². The van der Waals surface area contributed by atoms with E-state index in [1.165, 1.54) is 4.90 Å². The van der Waals surface area contributed by atoms with Gasteiger partial charge in [0.15, 0.2) is 6.61 Å². The fourth-order valence-corrected chi connectivity index (χ4v) is 5.15. The van der Waals surface area contributed by atoms with Crippen LogP contribution in [0.15, 0.2) is 24.3 Å². The summed E-state index contributed by atoms with van der Waals surface area (Å²) in [4.78, 5) is 42.4. The Morgan fingerprint density at radius 2 is 2.00 bits per heavy atom. The van der Waals surface area contributed by atoms with E-state index in [1.54, 1.807) is 11.3 Å². The molecule has 2 aliphatic rings. The molecule has 2 heterocycles. The second-order valence-electron chi connectivity index (χ2n) is 7.17. The smallest absolute Gasteiger partial charge is 0.310 e. The van der Waals surface area contributed by atoms with E-state index in [-0.39, 0.29) is 30.3 Å². The van der Waals surface area contributed by atoms with Gasteiger partial charge in [0.1, 0.15) is 0 Å². The molecule has 1 aromatic carbocycles. The molecule has 2 amide bonds. The molecule has 1 aromatic heterocycles. The third kappa shape index (κ3) is 3.74. The number of fused-ring (bicyclic) bond motifs is 1. The monoisotopic (exact) mass is 386 g/mol. The Morgan fingerprint density at radius 3 is 2.78 bits per heavy atom. The number of nitrogens with zero attached hydrogens (tertiary/aromatic N) is 2. The highest BCUT2D eigenvalue weighted by Crippen LogP contribution is 2.41. The molecule has 1 saturated heterocycles. The Bertz CT molecular complexity index is 845. The van der Waals surface area contributed by atoms with Crippen molar-refractivity contribution in [2.75, 3.05) is 13.2 Å². The Balaban J connectivity index is 1.44. The summed E-state index contributed by atoms with van der Waals surface area (Å²) in [6, 6.07) is 7.97. The Morgan fingerprint density at radius 1 is 1.19 bits per heavy atom. The molecular weight excluding hydrogens is 364 g/mol. The lowest BCUT2D eigenvalue weighted by molar-refractivity contribution is -0.158. The van der Waals surface area contributed by atoms with E-state index in [0.29, 0.717) is 19.4 Å². The topological polar surface area (TPSA) is 76.6 Å². The Labute approximate surface area is 161 Å². The molecular formula is C20H22N2O4S. The Kier molecular flexibility index (Phi) is 5.20. The normalized spacial score (nSPS) is 23.0. The van der Waals surface area contributed by atoms with Crippen molar-refractivity contribution in [3.63, 3.8) is 0 Å². The van der Waals surface area contributed by atoms with Gasteiger partial charge in [-0.1, -0.05) is 25.0 Å². The molecule has 0 bridgehead atoms. The number of carbonyl (C=O) groups is 3. The molecule has 0 unspecified atom stereocenters. The van der Waals surface area contributed by atoms with Gasteiger partial charge in [-0.2, -0.15) is 0 Å². The zero-order chi connectivity index (χ0) is 18.8. The molecule has 2 aromatic rings. The number of hydrogen-bond acceptors (Lipinski definition) is 6. The molecule has 1 aliphatic heterocycles. The number of hydrogen-bond donors (Lipinski definition) is 0. The third-order valence-electron chi connectivity index (χ3n) is 5.41. The maximum atomic E-state index is 12.7. The maximum Gasteiger partial charge on any atom is 0.310 e. The van der Waals surface area contributed by atoms with E-state index in [1.807, 2.05) is 24.3 Å². The van der Waals surface area contributed by atoms with Crippen LogP contribution in [0.4, 0.5) is 0 Å². The molecule has 0 radical (unpaired) electrons. The molecule has 142 valence electrons. The third-order valence-corrected chi connectivity index (χ3v) is 6.58. The highest BCUT2D eigenvalue weighted by molar-refractivity contribution is 7.18. The van der Waals surface area contributed by atoms with Crippen molar-refractivity contribution in [1.82, 2.24) is 9.88 Å². The number of para-hydroxylation sites is 1. The van der Waals surface area contributed by atoms with E-state index >= 15 is 0 Å². The summed E-state index contributed by atoms with van der Waals surface area (Å²) < 4.78 is 6.44. The number of rotatable bonds is 4. The van der Waals surface area contributed by atoms with E-state index in [9.17, 15) is 14.4 Å². The minimum Gasteiger partial charge on any atom is -0.455 e. The second kappa shape index (κ2) is 7.76. The number of esters is 1. The Hall–Kier alpha value is -2.28. The fourth-order valence-electron chi connectivity index (χ4n) is 3.99. The van der Waals surface area contributed by atoms with Crippen molar-refractivity contribution in [2.45, 2.75) is 44.4 Å². The van der Waals surface area contributed by atoms with Crippen LogP contribution in [0.1, 0.15) is 49.5 Å². The maximum absolute atomic E-state index is 12.7. The van der Waals surface area contributed by atoms with Crippen LogP contribution in [-0.2, 0) is 19.1 Å². The van der Waals surface area contributed by atoms with Crippen molar-refractivity contribution in [3.8, 4) is 0 Å². The first-order chi connectivity index (χ1) is 13.1. The van der Waals surface area contributed by atoms with Crippen LogP contribution in [0.25, 0.3) is 10.2 Å². The summed E-state index contributed by atoms with van der Waals surface area (Å²) in [7, 11) is 0. The number of carbonyl (C=O) groups excluding carboxylic acids is 3. The zero-order valence-corrected chi connectivity index (χ0v) is 15.9. The predicted octanol–water partition coefficient (Wildman–Crippen LogP) is 3.26. The van der Waals surface area contributed by atoms with Crippen LogP contribution < -0.4 is 0 Å². The number of amides is 2. The minimum atomic E-state index is -0.418. The molecule has 2 fully saturated rings. The zero-order valence-electron chi connectivity index (χ0n) is 15.1. The standard InChI is InChI=1S/C20H22N2O4S/c23-17-10-5-11-22(17)18(24)12-26-20(25)14-7-2-1-6-13(14)19-21-15-8-3-4-9-16(15)27-19/h3-4,8-9,13-14H,1-2,5-7,10-12H2/t13-,14+/m0/s1. The lowest BCUT2D eigenvalue weighted by Crippen LogP contribution is -2.37. The van der Waals surface area contributed by atoms with E-state index in [2.05, 4.69) is 0 Å². The number of likely N-dealkylation sites (tertiary alicyclic amines) is 1. The molecule has 27 heavy (non-hydrogen) atoms. The summed E-state index contributed by atoms with van der Waals surface area (Å²) in [6.07, 6.45) is 4.75. The van der Waals surface area contributed by atoms with Gasteiger partial charge in [0, 0.05) is 18.9 Å². The average molecular weight is 386 g/mol. The number of imide groups is 1. The lowest BCUT2D eigenvalue weighted by Gasteiger charge is -2.28. The van der Waals surface area contributed by atoms with Gasteiger partial charge >= 0.3 is 5.97 Å². The minimum absolute atomic E-state index is 0.0344. The highest BCUT2D eigenvalue weighted by Gasteiger charge is 2.36. The molecule has 6 nitrogen and oxygen atoms in total. The van der Waals surface area contributed by atoms with Crippen molar-refractivity contribution in [1.29, 1.82) is 0 Å². The summed E-state index contributed by atoms with van der Waals surface area (Å²) in [5, 5.41) is 0.971. The van der Waals surface area contributed by atoms with Crippen LogP contribution in [0, 0.1) is 5.92 Å². The molecule has 7 heteroatoms. The fraction of sp³-hybridized carbons (Fsp3) is 0.500. The van der Waals surface area contributed by atoms with Gasteiger partial charge < -0.3 is 4.74 Å². The summed E-state index contributed by atoms with van der Waals surface area (Å²) in [5.41, 5.74) is 0.956. The van der Waals surface area contributed by atoms with Gasteiger partial charge in [-0.3, -0.25) is 19.3 Å². The van der Waals surface area contributed by atoms with Crippen LogP contribution in [0.5, 0.6) is 0 Å². The van der Waals surface area contributed by atoms with Gasteiger partial charge in [0.05, 0.1) is 21.1 Å². The molecule has 2 atom stereocenters. The SMILES string of the molecule is O=C(OCC(=O)N1CCCC1=O)[C@@H]1CCCC[C@@H]1c1nc2ccccc2s1. The van der Waals surface area contributed by atoms with Crippen LogP contribution >= 0.6 is 11.3 Å². The molecule has 1 saturated carbocycles. The van der Waals surface area contributed by atoms with Gasteiger partial charge in [0.2, 0.25) is 5.91 Å². The van der Waals surface area contributed by atoms with Crippen LogP contribution in [-0.4, -0.2) is 40.8 Å². The first kappa shape index (κ1) is 18.1. The molecule has 1 aliphatic carbocycles. The summed E-state index contributed by atoms with van der Waals surface area (Å²) in [6.45, 7) is 0.0701. The second-order valence-corrected chi connectivity index (χ2v) is 8.23. The van der Waals surface area contributed by atoms with E-state index in [0.717, 1.165) is 40.9 Å². The number of aromatic nitrogens is 1. The average Bonchev–Trinajstić information content (AvgIpc) is 3.31. The van der Waals surface area contributed by atoms with Crippen LogP contribution in [0.2, 0.25) is 0 Å². The van der Waals surface area contributed by atoms with Gasteiger partial charge in [-0.25, -0.2) is 4.98 Å². The van der Waals surface area contributed by atoms with Crippen molar-refractivity contribution >= 4 is 39.3 Å². The van der Waals surface area contributed by atoms with Crippen molar-refractivity contribution in [2.24, 2.45) is 5.92 Å². The van der Waals surface area contributed by atoms with Gasteiger partial charge in [-0.15, -0.1) is 11.3 Å². The van der Waals surface area contributed by atoms with E-state index in [4.69, 9.17) is 9.72 Å². The quantitative estimate of drug-likeness (QED) is 0.754. The number of benzene rings is 1. The van der Waals surface area contributed by atoms with Crippen molar-refractivity contribution < 1.29 is 19.1 Å². The first-order valence-electron chi connectivity index (χ1n) is 9.49. The number of ether oxygens (including phenoxy) is 1. The van der Waals surface area contributed by atoms with Crippen LogP contribution in [0.3, 0.4) is 0 Å². The highest BCUT2D eigenvalue weighted by atomic mass is 32.1. The van der Waals surface area contributed by atoms with Crippen molar-refractivity contribution in [3.05, 3.63) is 29.3 Å². The molecule has 0 N–H and O–H groups in total. The molecule has 4 rings (SSSR count). The summed E-state index contributed by atoms with van der Waals surface area (Å²) >= 11 is 1.63. The molecule has 0 spiro atoms.